The highest BCUT2D eigenvalue weighted by Gasteiger charge is 2.21. The standard InChI is InChI=1S/C12H14INO4S/c1-8(15)14-11(12(16)17)7-19(18)6-9-2-4-10(13)5-3-9/h2-5,11H,6-7H2,1H3,(H,14,15)(H,16,17). The Morgan fingerprint density at radius 1 is 1.37 bits per heavy atom. The normalized spacial score (nSPS) is 13.6. The molecule has 0 saturated carbocycles. The smallest absolute Gasteiger partial charge is 0.327 e. The number of amides is 1. The molecule has 0 spiro atoms. The molecule has 7 heteroatoms. The van der Waals surface area contributed by atoms with Gasteiger partial charge < -0.3 is 10.4 Å². The minimum atomic E-state index is -1.34. The van der Waals surface area contributed by atoms with Crippen LogP contribution in [0.15, 0.2) is 24.3 Å². The van der Waals surface area contributed by atoms with E-state index in [0.717, 1.165) is 9.13 Å². The molecule has 0 heterocycles. The molecule has 1 amide bonds. The SMILES string of the molecule is CC(=O)NC(CS(=O)Cc1ccc(I)cc1)C(=O)O. The molecule has 1 aromatic carbocycles. The van der Waals surface area contributed by atoms with E-state index in [1.54, 1.807) is 0 Å². The average Bonchev–Trinajstić information content (AvgIpc) is 2.30. The van der Waals surface area contributed by atoms with E-state index < -0.39 is 28.7 Å². The van der Waals surface area contributed by atoms with Gasteiger partial charge in [-0.2, -0.15) is 0 Å². The lowest BCUT2D eigenvalue weighted by atomic mass is 10.2. The van der Waals surface area contributed by atoms with E-state index in [9.17, 15) is 13.8 Å². The number of hydrogen-bond donors (Lipinski definition) is 2. The number of rotatable bonds is 6. The van der Waals surface area contributed by atoms with Crippen molar-refractivity contribution in [3.05, 3.63) is 33.4 Å². The van der Waals surface area contributed by atoms with Crippen LogP contribution in [-0.2, 0) is 26.1 Å². The number of carbonyl (C=O) groups excluding carboxylic acids is 1. The summed E-state index contributed by atoms with van der Waals surface area (Å²) in [7, 11) is -1.34. The molecule has 0 radical (unpaired) electrons. The highest BCUT2D eigenvalue weighted by molar-refractivity contribution is 14.1. The molecular formula is C12H14INO4S. The van der Waals surface area contributed by atoms with Crippen molar-refractivity contribution >= 4 is 45.3 Å². The molecule has 0 aromatic heterocycles. The molecule has 1 aromatic rings. The number of halogens is 1. The molecule has 0 saturated heterocycles. The number of benzene rings is 1. The third kappa shape index (κ3) is 6.15. The Kier molecular flexibility index (Phi) is 6.43. The quantitative estimate of drug-likeness (QED) is 0.708. The summed E-state index contributed by atoms with van der Waals surface area (Å²) in [5.41, 5.74) is 0.880. The number of hydrogen-bond acceptors (Lipinski definition) is 3. The van der Waals surface area contributed by atoms with Crippen molar-refractivity contribution in [2.45, 2.75) is 18.7 Å². The van der Waals surface area contributed by atoms with Crippen molar-refractivity contribution in [3.8, 4) is 0 Å². The van der Waals surface area contributed by atoms with E-state index in [4.69, 9.17) is 5.11 Å². The second kappa shape index (κ2) is 7.59. The highest BCUT2D eigenvalue weighted by Crippen LogP contribution is 2.09. The summed E-state index contributed by atoms with van der Waals surface area (Å²) in [5.74, 6) is -1.44. The Morgan fingerprint density at radius 3 is 2.42 bits per heavy atom. The Morgan fingerprint density at radius 2 is 1.95 bits per heavy atom. The summed E-state index contributed by atoms with van der Waals surface area (Å²) >= 11 is 2.17. The predicted molar refractivity (Wildman–Crippen MR) is 81.1 cm³/mol. The summed E-state index contributed by atoms with van der Waals surface area (Å²) in [6.07, 6.45) is 0. The van der Waals surface area contributed by atoms with Gasteiger partial charge in [0.2, 0.25) is 5.91 Å². The minimum Gasteiger partial charge on any atom is -0.480 e. The van der Waals surface area contributed by atoms with Crippen LogP contribution in [0.2, 0.25) is 0 Å². The first-order valence-electron chi connectivity index (χ1n) is 5.48. The van der Waals surface area contributed by atoms with Crippen LogP contribution in [0.25, 0.3) is 0 Å². The molecule has 2 unspecified atom stereocenters. The number of carbonyl (C=O) groups is 2. The minimum absolute atomic E-state index is 0.0963. The van der Waals surface area contributed by atoms with Crippen LogP contribution in [0.5, 0.6) is 0 Å². The third-order valence-electron chi connectivity index (χ3n) is 2.27. The van der Waals surface area contributed by atoms with Gasteiger partial charge >= 0.3 is 5.97 Å². The van der Waals surface area contributed by atoms with E-state index in [0.29, 0.717) is 0 Å². The predicted octanol–water partition coefficient (Wildman–Crippen LogP) is 1.13. The molecule has 0 fully saturated rings. The van der Waals surface area contributed by atoms with Crippen LogP contribution in [0.1, 0.15) is 12.5 Å². The maximum Gasteiger partial charge on any atom is 0.327 e. The molecule has 104 valence electrons. The van der Waals surface area contributed by atoms with Gasteiger partial charge in [0.15, 0.2) is 0 Å². The first-order chi connectivity index (χ1) is 8.88. The molecule has 0 bridgehead atoms. The summed E-state index contributed by atoms with van der Waals surface area (Å²) < 4.78 is 13.0. The van der Waals surface area contributed by atoms with Crippen LogP contribution in [0, 0.1) is 3.57 Å². The second-order valence-corrected chi connectivity index (χ2v) is 6.72. The zero-order valence-corrected chi connectivity index (χ0v) is 13.2. The summed E-state index contributed by atoms with van der Waals surface area (Å²) in [5, 5.41) is 11.2. The van der Waals surface area contributed by atoms with Crippen molar-refractivity contribution in [2.24, 2.45) is 0 Å². The van der Waals surface area contributed by atoms with Gasteiger partial charge in [-0.25, -0.2) is 4.79 Å². The van der Waals surface area contributed by atoms with Gasteiger partial charge in [-0.3, -0.25) is 9.00 Å². The largest absolute Gasteiger partial charge is 0.480 e. The fourth-order valence-electron chi connectivity index (χ4n) is 1.43. The maximum atomic E-state index is 11.9. The fraction of sp³-hybridized carbons (Fsp3) is 0.333. The van der Waals surface area contributed by atoms with Crippen molar-refractivity contribution in [1.29, 1.82) is 0 Å². The number of carboxylic acid groups (broad SMARTS) is 1. The summed E-state index contributed by atoms with van der Waals surface area (Å²) in [6.45, 7) is 1.23. The number of nitrogens with one attached hydrogen (secondary N) is 1. The van der Waals surface area contributed by atoms with Crippen molar-refractivity contribution in [1.82, 2.24) is 5.32 Å². The fourth-order valence-corrected chi connectivity index (χ4v) is 3.07. The van der Waals surface area contributed by atoms with Crippen molar-refractivity contribution in [3.63, 3.8) is 0 Å². The van der Waals surface area contributed by atoms with E-state index >= 15 is 0 Å². The molecule has 0 aliphatic carbocycles. The Hall–Kier alpha value is -0.960. The van der Waals surface area contributed by atoms with Crippen molar-refractivity contribution in [2.75, 3.05) is 5.75 Å². The van der Waals surface area contributed by atoms with Crippen LogP contribution in [-0.4, -0.2) is 33.0 Å². The van der Waals surface area contributed by atoms with Gasteiger partial charge in [0.1, 0.15) is 6.04 Å². The van der Waals surface area contributed by atoms with Gasteiger partial charge in [-0.1, -0.05) is 12.1 Å². The lowest BCUT2D eigenvalue weighted by Crippen LogP contribution is -2.43. The average molecular weight is 395 g/mol. The first kappa shape index (κ1) is 16.1. The number of carboxylic acids is 1. The van der Waals surface area contributed by atoms with Crippen LogP contribution < -0.4 is 5.32 Å². The molecular weight excluding hydrogens is 381 g/mol. The lowest BCUT2D eigenvalue weighted by molar-refractivity contribution is -0.140. The van der Waals surface area contributed by atoms with Gasteiger partial charge in [-0.15, -0.1) is 0 Å². The molecule has 5 nitrogen and oxygen atoms in total. The van der Waals surface area contributed by atoms with Crippen LogP contribution in [0.4, 0.5) is 0 Å². The summed E-state index contributed by atoms with van der Waals surface area (Å²) in [6, 6.07) is 6.40. The van der Waals surface area contributed by atoms with Gasteiger partial charge in [-0.05, 0) is 40.3 Å². The number of aliphatic carboxylic acids is 1. The zero-order valence-electron chi connectivity index (χ0n) is 10.3. The van der Waals surface area contributed by atoms with Crippen LogP contribution >= 0.6 is 22.6 Å². The Bertz CT molecular complexity index is 489. The molecule has 0 aliphatic heterocycles. The molecule has 2 N–H and O–H groups in total. The molecule has 0 aliphatic rings. The third-order valence-corrected chi connectivity index (χ3v) is 4.35. The van der Waals surface area contributed by atoms with E-state index in [-0.39, 0.29) is 11.5 Å². The topological polar surface area (TPSA) is 83.5 Å². The Balaban J connectivity index is 2.59. The van der Waals surface area contributed by atoms with Crippen LogP contribution in [0.3, 0.4) is 0 Å². The molecule has 19 heavy (non-hydrogen) atoms. The first-order valence-corrected chi connectivity index (χ1v) is 8.04. The zero-order chi connectivity index (χ0) is 14.4. The van der Waals surface area contributed by atoms with Gasteiger partial charge in [0.05, 0.1) is 5.75 Å². The maximum absolute atomic E-state index is 11.9. The second-order valence-electron chi connectivity index (χ2n) is 3.97. The van der Waals surface area contributed by atoms with Gasteiger partial charge in [0, 0.05) is 27.0 Å². The van der Waals surface area contributed by atoms with E-state index in [1.807, 2.05) is 24.3 Å². The monoisotopic (exact) mass is 395 g/mol. The lowest BCUT2D eigenvalue weighted by Gasteiger charge is -2.12. The van der Waals surface area contributed by atoms with Crippen molar-refractivity contribution < 1.29 is 18.9 Å². The van der Waals surface area contributed by atoms with E-state index in [2.05, 4.69) is 27.9 Å². The molecule has 2 atom stereocenters. The van der Waals surface area contributed by atoms with E-state index in [1.165, 1.54) is 6.92 Å². The highest BCUT2D eigenvalue weighted by atomic mass is 127. The van der Waals surface area contributed by atoms with Gasteiger partial charge in [0.25, 0.3) is 0 Å². The Labute approximate surface area is 127 Å². The summed E-state index contributed by atoms with van der Waals surface area (Å²) in [4.78, 5) is 21.8. The molecule has 1 rings (SSSR count).